The highest BCUT2D eigenvalue weighted by atomic mass is 28.4. The fraction of sp³-hybridized carbons (Fsp3) is 0.737. The van der Waals surface area contributed by atoms with Gasteiger partial charge < -0.3 is 14.4 Å². The van der Waals surface area contributed by atoms with Crippen molar-refractivity contribution in [3.63, 3.8) is 0 Å². The van der Waals surface area contributed by atoms with Gasteiger partial charge in [0.15, 0.2) is 8.32 Å². The number of fused-ring (bicyclic) bond motifs is 1. The SMILES string of the molecule is C=CC[C@H]1C(=O)N2CC(C)=C[C@@]2(CO[Si](C)(C)C(C)(C)C)[C@@]1(C)O. The number of nitrogens with zero attached hydrogens (tertiary/aromatic N) is 1. The van der Waals surface area contributed by atoms with Crippen molar-refractivity contribution >= 4 is 14.2 Å². The first kappa shape index (κ1) is 19.4. The van der Waals surface area contributed by atoms with Gasteiger partial charge in [0.25, 0.3) is 0 Å². The molecule has 0 bridgehead atoms. The summed E-state index contributed by atoms with van der Waals surface area (Å²) in [5.41, 5.74) is -0.824. The molecule has 0 saturated carbocycles. The van der Waals surface area contributed by atoms with Crippen molar-refractivity contribution < 1.29 is 14.3 Å². The summed E-state index contributed by atoms with van der Waals surface area (Å²) in [6, 6.07) is 0. The van der Waals surface area contributed by atoms with E-state index in [1.807, 2.05) is 11.8 Å². The van der Waals surface area contributed by atoms with Crippen LogP contribution in [-0.4, -0.2) is 48.5 Å². The van der Waals surface area contributed by atoms with Crippen LogP contribution in [0.1, 0.15) is 41.0 Å². The van der Waals surface area contributed by atoms with Crippen molar-refractivity contribution in [1.29, 1.82) is 0 Å². The van der Waals surface area contributed by atoms with E-state index in [-0.39, 0.29) is 10.9 Å². The Morgan fingerprint density at radius 1 is 1.50 bits per heavy atom. The molecule has 5 heteroatoms. The molecule has 2 aliphatic rings. The molecule has 4 nitrogen and oxygen atoms in total. The van der Waals surface area contributed by atoms with E-state index < -0.39 is 25.4 Å². The first-order chi connectivity index (χ1) is 10.8. The Morgan fingerprint density at radius 3 is 2.58 bits per heavy atom. The van der Waals surface area contributed by atoms with Gasteiger partial charge in [-0.15, -0.1) is 6.58 Å². The summed E-state index contributed by atoms with van der Waals surface area (Å²) >= 11 is 0. The quantitative estimate of drug-likeness (QED) is 0.609. The van der Waals surface area contributed by atoms with Crippen LogP contribution in [0.25, 0.3) is 0 Å². The molecule has 2 rings (SSSR count). The molecule has 0 aliphatic carbocycles. The van der Waals surface area contributed by atoms with E-state index in [1.165, 1.54) is 0 Å². The van der Waals surface area contributed by atoms with E-state index >= 15 is 0 Å². The predicted molar refractivity (Wildman–Crippen MR) is 100 cm³/mol. The van der Waals surface area contributed by atoms with Crippen LogP contribution in [0.4, 0.5) is 0 Å². The van der Waals surface area contributed by atoms with Crippen LogP contribution in [0.3, 0.4) is 0 Å². The number of rotatable bonds is 5. The second-order valence-electron chi connectivity index (χ2n) is 9.11. The van der Waals surface area contributed by atoms with Crippen LogP contribution in [0.5, 0.6) is 0 Å². The minimum Gasteiger partial charge on any atom is -0.414 e. The molecular weight excluding hydrogens is 318 g/mol. The van der Waals surface area contributed by atoms with Gasteiger partial charge in [0, 0.05) is 6.54 Å². The van der Waals surface area contributed by atoms with Crippen molar-refractivity contribution in [3.8, 4) is 0 Å². The maximum atomic E-state index is 12.9. The van der Waals surface area contributed by atoms with E-state index in [2.05, 4.69) is 46.5 Å². The number of allylic oxidation sites excluding steroid dienone is 1. The lowest BCUT2D eigenvalue weighted by Crippen LogP contribution is -2.59. The largest absolute Gasteiger partial charge is 0.414 e. The van der Waals surface area contributed by atoms with E-state index in [0.717, 1.165) is 5.57 Å². The van der Waals surface area contributed by atoms with Gasteiger partial charge >= 0.3 is 0 Å². The van der Waals surface area contributed by atoms with Crippen LogP contribution in [0.2, 0.25) is 18.1 Å². The molecule has 2 aliphatic heterocycles. The lowest BCUT2D eigenvalue weighted by atomic mass is 9.75. The molecule has 3 atom stereocenters. The first-order valence-corrected chi connectivity index (χ1v) is 11.7. The molecule has 1 saturated heterocycles. The van der Waals surface area contributed by atoms with Gasteiger partial charge in [-0.2, -0.15) is 0 Å². The highest BCUT2D eigenvalue weighted by molar-refractivity contribution is 6.74. The lowest BCUT2D eigenvalue weighted by molar-refractivity contribution is -0.132. The summed E-state index contributed by atoms with van der Waals surface area (Å²) in [5.74, 6) is -0.450. The van der Waals surface area contributed by atoms with E-state index in [4.69, 9.17) is 4.43 Å². The molecule has 0 spiro atoms. The summed E-state index contributed by atoms with van der Waals surface area (Å²) in [6.45, 7) is 19.5. The van der Waals surface area contributed by atoms with Gasteiger partial charge in [0.05, 0.1) is 12.5 Å². The average Bonchev–Trinajstić information content (AvgIpc) is 2.84. The number of carbonyl (C=O) groups excluding carboxylic acids is 1. The molecule has 0 aromatic carbocycles. The molecule has 24 heavy (non-hydrogen) atoms. The van der Waals surface area contributed by atoms with Crippen LogP contribution in [0, 0.1) is 5.92 Å². The maximum Gasteiger partial charge on any atom is 0.230 e. The zero-order valence-corrected chi connectivity index (χ0v) is 17.3. The second kappa shape index (κ2) is 5.82. The zero-order valence-electron chi connectivity index (χ0n) is 16.3. The fourth-order valence-corrected chi connectivity index (χ4v) is 4.63. The summed E-state index contributed by atoms with van der Waals surface area (Å²) in [4.78, 5) is 14.7. The van der Waals surface area contributed by atoms with Gasteiger partial charge in [-0.25, -0.2) is 0 Å². The molecule has 1 fully saturated rings. The van der Waals surface area contributed by atoms with Gasteiger partial charge in [-0.1, -0.05) is 38.5 Å². The molecule has 0 aromatic rings. The van der Waals surface area contributed by atoms with Crippen LogP contribution < -0.4 is 0 Å². The molecule has 1 amide bonds. The van der Waals surface area contributed by atoms with Crippen molar-refractivity contribution in [2.45, 2.75) is 70.3 Å². The molecule has 1 N–H and O–H groups in total. The van der Waals surface area contributed by atoms with Gasteiger partial charge in [0.1, 0.15) is 11.1 Å². The summed E-state index contributed by atoms with van der Waals surface area (Å²) in [6.07, 6.45) is 4.26. The topological polar surface area (TPSA) is 49.8 Å². The highest BCUT2D eigenvalue weighted by Crippen LogP contribution is 2.50. The first-order valence-electron chi connectivity index (χ1n) is 8.77. The second-order valence-corrected chi connectivity index (χ2v) is 13.9. The molecule has 2 heterocycles. The van der Waals surface area contributed by atoms with Crippen molar-refractivity contribution in [2.75, 3.05) is 13.2 Å². The molecule has 136 valence electrons. The smallest absolute Gasteiger partial charge is 0.230 e. The third-order valence-electron chi connectivity index (χ3n) is 6.36. The predicted octanol–water partition coefficient (Wildman–Crippen LogP) is 3.49. The van der Waals surface area contributed by atoms with Crippen molar-refractivity contribution in [1.82, 2.24) is 4.90 Å². The minimum absolute atomic E-state index is 0.00633. The van der Waals surface area contributed by atoms with Crippen LogP contribution >= 0.6 is 0 Å². The minimum atomic E-state index is -1.98. The Kier molecular flexibility index (Phi) is 4.71. The Balaban J connectivity index is 2.39. The summed E-state index contributed by atoms with van der Waals surface area (Å²) in [5, 5.41) is 11.5. The number of aliphatic hydroxyl groups is 1. The maximum absolute atomic E-state index is 12.9. The summed E-state index contributed by atoms with van der Waals surface area (Å²) < 4.78 is 6.46. The zero-order chi connectivity index (χ0) is 18.6. The monoisotopic (exact) mass is 351 g/mol. The molecule has 0 radical (unpaired) electrons. The third-order valence-corrected chi connectivity index (χ3v) is 10.8. The van der Waals surface area contributed by atoms with E-state index in [1.54, 1.807) is 13.0 Å². The normalized spacial score (nSPS) is 33.7. The lowest BCUT2D eigenvalue weighted by Gasteiger charge is -2.44. The molecule has 0 aromatic heterocycles. The fourth-order valence-electron chi connectivity index (χ4n) is 3.62. The molecular formula is C19H33NO3Si. The highest BCUT2D eigenvalue weighted by Gasteiger charge is 2.66. The van der Waals surface area contributed by atoms with E-state index in [0.29, 0.717) is 19.6 Å². The van der Waals surface area contributed by atoms with Gasteiger partial charge in [0.2, 0.25) is 5.91 Å². The van der Waals surface area contributed by atoms with Gasteiger partial charge in [-0.3, -0.25) is 4.79 Å². The summed E-state index contributed by atoms with van der Waals surface area (Å²) in [7, 11) is -1.98. The Labute approximate surface area is 147 Å². The Bertz CT molecular complexity index is 574. The Hall–Kier alpha value is -0.913. The number of carbonyl (C=O) groups is 1. The van der Waals surface area contributed by atoms with Crippen LogP contribution in [-0.2, 0) is 9.22 Å². The van der Waals surface area contributed by atoms with Crippen molar-refractivity contribution in [2.24, 2.45) is 5.92 Å². The Morgan fingerprint density at radius 2 is 2.08 bits per heavy atom. The third kappa shape index (κ3) is 2.70. The van der Waals surface area contributed by atoms with Crippen LogP contribution in [0.15, 0.2) is 24.3 Å². The molecule has 0 unspecified atom stereocenters. The number of amides is 1. The van der Waals surface area contributed by atoms with E-state index in [9.17, 15) is 9.90 Å². The number of hydrogen-bond acceptors (Lipinski definition) is 3. The average molecular weight is 352 g/mol. The number of hydrogen-bond donors (Lipinski definition) is 1. The standard InChI is InChI=1S/C19H33NO3Si/c1-9-10-15-16(21)20-12-14(2)11-19(20,18(15,6)22)13-23-24(7,8)17(3,4)5/h9,11,15,22H,1,10,12-13H2,2-8H3/t15-,18-,19+/m0/s1. The van der Waals surface area contributed by atoms with Crippen molar-refractivity contribution in [3.05, 3.63) is 24.3 Å². The van der Waals surface area contributed by atoms with Gasteiger partial charge in [-0.05, 0) is 38.4 Å².